The number of carboxylic acids is 1. The first kappa shape index (κ1) is 13.9. The number of hydrogen-bond donors (Lipinski definition) is 3. The molecule has 0 aromatic rings. The number of aliphatic carboxylic acids is 1. The van der Waals surface area contributed by atoms with Gasteiger partial charge in [-0.2, -0.15) is 0 Å². The van der Waals surface area contributed by atoms with E-state index in [0.717, 1.165) is 13.1 Å². The van der Waals surface area contributed by atoms with Gasteiger partial charge in [-0.3, -0.25) is 14.5 Å². The molecule has 98 valence electrons. The molecule has 1 fully saturated rings. The van der Waals surface area contributed by atoms with Crippen LogP contribution in [-0.2, 0) is 14.3 Å². The molecule has 0 bridgehead atoms. The Bertz CT molecular complexity index is 266. The lowest BCUT2D eigenvalue weighted by Crippen LogP contribution is -2.43. The van der Waals surface area contributed by atoms with E-state index in [2.05, 4.69) is 10.2 Å². The van der Waals surface area contributed by atoms with Crippen molar-refractivity contribution in [3.63, 3.8) is 0 Å². The predicted octanol–water partition coefficient (Wildman–Crippen LogP) is -1.76. The minimum atomic E-state index is -1.11. The highest BCUT2D eigenvalue weighted by Crippen LogP contribution is 1.97. The van der Waals surface area contributed by atoms with Crippen molar-refractivity contribution in [2.24, 2.45) is 5.73 Å². The Morgan fingerprint density at radius 3 is 2.65 bits per heavy atom. The Hall–Kier alpha value is -1.18. The fraction of sp³-hybridized carbons (Fsp3) is 0.800. The van der Waals surface area contributed by atoms with Crippen LogP contribution in [0.5, 0.6) is 0 Å². The van der Waals surface area contributed by atoms with Gasteiger partial charge in [-0.05, 0) is 0 Å². The lowest BCUT2D eigenvalue weighted by Gasteiger charge is -2.26. The molecule has 0 aromatic heterocycles. The molecule has 1 amide bonds. The summed E-state index contributed by atoms with van der Waals surface area (Å²) >= 11 is 0. The van der Waals surface area contributed by atoms with Gasteiger partial charge in [0, 0.05) is 32.6 Å². The summed E-state index contributed by atoms with van der Waals surface area (Å²) in [7, 11) is 0. The van der Waals surface area contributed by atoms with Crippen LogP contribution in [0.1, 0.15) is 6.42 Å². The third-order valence-corrected chi connectivity index (χ3v) is 2.60. The largest absolute Gasteiger partial charge is 0.480 e. The Labute approximate surface area is 99.9 Å². The monoisotopic (exact) mass is 245 g/mol. The van der Waals surface area contributed by atoms with Gasteiger partial charge in [0.1, 0.15) is 6.04 Å². The summed E-state index contributed by atoms with van der Waals surface area (Å²) in [5.74, 6) is -1.29. The van der Waals surface area contributed by atoms with E-state index in [-0.39, 0.29) is 12.5 Å². The third-order valence-electron chi connectivity index (χ3n) is 2.60. The number of ether oxygens (including phenoxy) is 1. The number of hydrogen-bond acceptors (Lipinski definition) is 5. The van der Waals surface area contributed by atoms with E-state index in [4.69, 9.17) is 15.6 Å². The summed E-state index contributed by atoms with van der Waals surface area (Å²) < 4.78 is 5.19. The molecule has 1 rings (SSSR count). The van der Waals surface area contributed by atoms with Crippen molar-refractivity contribution in [3.8, 4) is 0 Å². The lowest BCUT2D eigenvalue weighted by molar-refractivity contribution is -0.138. The quantitative estimate of drug-likeness (QED) is 0.512. The summed E-state index contributed by atoms with van der Waals surface area (Å²) in [5, 5.41) is 11.0. The minimum absolute atomic E-state index is 0.0305. The van der Waals surface area contributed by atoms with E-state index in [9.17, 15) is 9.59 Å². The molecule has 7 nitrogen and oxygen atoms in total. The van der Waals surface area contributed by atoms with E-state index < -0.39 is 12.0 Å². The zero-order valence-corrected chi connectivity index (χ0v) is 9.72. The van der Waals surface area contributed by atoms with Crippen LogP contribution in [0.15, 0.2) is 0 Å². The second kappa shape index (κ2) is 7.21. The van der Waals surface area contributed by atoms with Crippen LogP contribution in [-0.4, -0.2) is 67.3 Å². The average molecular weight is 245 g/mol. The molecule has 1 saturated heterocycles. The number of amides is 1. The van der Waals surface area contributed by atoms with Crippen molar-refractivity contribution in [1.82, 2.24) is 10.2 Å². The second-order valence-electron chi connectivity index (χ2n) is 3.95. The fourth-order valence-corrected chi connectivity index (χ4v) is 1.48. The summed E-state index contributed by atoms with van der Waals surface area (Å²) in [6.45, 7) is 3.70. The Morgan fingerprint density at radius 1 is 1.41 bits per heavy atom. The number of nitrogens with zero attached hydrogens (tertiary/aromatic N) is 1. The molecule has 17 heavy (non-hydrogen) atoms. The standard InChI is InChI=1S/C10H19N3O4/c11-8(10(15)16)7-12-9(14)1-2-13-3-5-17-6-4-13/h8H,1-7,11H2,(H,12,14)(H,15,16). The maximum atomic E-state index is 11.4. The molecule has 0 saturated carbocycles. The molecule has 7 heteroatoms. The van der Waals surface area contributed by atoms with Gasteiger partial charge >= 0.3 is 5.97 Å². The normalized spacial score (nSPS) is 18.6. The fourth-order valence-electron chi connectivity index (χ4n) is 1.48. The molecule has 0 spiro atoms. The van der Waals surface area contributed by atoms with Crippen LogP contribution in [0, 0.1) is 0 Å². The Morgan fingerprint density at radius 2 is 2.06 bits per heavy atom. The van der Waals surface area contributed by atoms with E-state index in [1.54, 1.807) is 0 Å². The highest BCUT2D eigenvalue weighted by molar-refractivity contribution is 5.78. The molecule has 1 aliphatic rings. The number of carbonyl (C=O) groups excluding carboxylic acids is 1. The van der Waals surface area contributed by atoms with Gasteiger partial charge in [0.25, 0.3) is 0 Å². The highest BCUT2D eigenvalue weighted by atomic mass is 16.5. The van der Waals surface area contributed by atoms with Gasteiger partial charge in [-0.25, -0.2) is 0 Å². The first-order chi connectivity index (χ1) is 8.09. The van der Waals surface area contributed by atoms with Crippen LogP contribution < -0.4 is 11.1 Å². The molecule has 0 aromatic carbocycles. The van der Waals surface area contributed by atoms with Crippen molar-refractivity contribution in [2.45, 2.75) is 12.5 Å². The van der Waals surface area contributed by atoms with Gasteiger partial charge < -0.3 is 20.9 Å². The maximum Gasteiger partial charge on any atom is 0.322 e. The average Bonchev–Trinajstić information content (AvgIpc) is 2.34. The molecule has 1 aliphatic heterocycles. The zero-order chi connectivity index (χ0) is 12.7. The van der Waals surface area contributed by atoms with E-state index in [1.165, 1.54) is 0 Å². The number of nitrogens with one attached hydrogen (secondary N) is 1. The highest BCUT2D eigenvalue weighted by Gasteiger charge is 2.14. The molecule has 0 aliphatic carbocycles. The first-order valence-electron chi connectivity index (χ1n) is 5.65. The van der Waals surface area contributed by atoms with Crippen molar-refractivity contribution < 1.29 is 19.4 Å². The van der Waals surface area contributed by atoms with Gasteiger partial charge in [0.15, 0.2) is 0 Å². The van der Waals surface area contributed by atoms with Crippen LogP contribution in [0.25, 0.3) is 0 Å². The van der Waals surface area contributed by atoms with Crippen LogP contribution in [0.2, 0.25) is 0 Å². The summed E-state index contributed by atoms with van der Waals surface area (Å²) in [4.78, 5) is 24.0. The summed E-state index contributed by atoms with van der Waals surface area (Å²) in [6, 6.07) is -1.04. The van der Waals surface area contributed by atoms with Crippen molar-refractivity contribution in [2.75, 3.05) is 39.4 Å². The maximum absolute atomic E-state index is 11.4. The number of morpholine rings is 1. The predicted molar refractivity (Wildman–Crippen MR) is 60.5 cm³/mol. The van der Waals surface area contributed by atoms with Crippen molar-refractivity contribution in [3.05, 3.63) is 0 Å². The molecule has 1 atom stereocenters. The molecule has 1 unspecified atom stereocenters. The smallest absolute Gasteiger partial charge is 0.322 e. The molecule has 4 N–H and O–H groups in total. The van der Waals surface area contributed by atoms with Crippen molar-refractivity contribution in [1.29, 1.82) is 0 Å². The van der Waals surface area contributed by atoms with E-state index >= 15 is 0 Å². The zero-order valence-electron chi connectivity index (χ0n) is 9.72. The molecular formula is C10H19N3O4. The van der Waals surface area contributed by atoms with Crippen LogP contribution in [0.3, 0.4) is 0 Å². The Balaban J connectivity index is 2.10. The molecule has 0 radical (unpaired) electrons. The van der Waals surface area contributed by atoms with Gasteiger partial charge in [0.2, 0.25) is 5.91 Å². The number of carboxylic acid groups (broad SMARTS) is 1. The summed E-state index contributed by atoms with van der Waals surface area (Å²) in [6.07, 6.45) is 0.354. The van der Waals surface area contributed by atoms with Crippen LogP contribution >= 0.6 is 0 Å². The summed E-state index contributed by atoms with van der Waals surface area (Å²) in [5.41, 5.74) is 5.26. The second-order valence-corrected chi connectivity index (χ2v) is 3.95. The molecular weight excluding hydrogens is 226 g/mol. The first-order valence-corrected chi connectivity index (χ1v) is 5.65. The number of carbonyl (C=O) groups is 2. The number of rotatable bonds is 6. The van der Waals surface area contributed by atoms with Crippen LogP contribution in [0.4, 0.5) is 0 Å². The van der Waals surface area contributed by atoms with Crippen molar-refractivity contribution >= 4 is 11.9 Å². The van der Waals surface area contributed by atoms with E-state index in [0.29, 0.717) is 26.2 Å². The lowest BCUT2D eigenvalue weighted by atomic mass is 10.3. The van der Waals surface area contributed by atoms with Gasteiger partial charge in [-0.15, -0.1) is 0 Å². The third kappa shape index (κ3) is 5.62. The van der Waals surface area contributed by atoms with E-state index in [1.807, 2.05) is 0 Å². The number of nitrogens with two attached hydrogens (primary N) is 1. The molecule has 1 heterocycles. The van der Waals surface area contributed by atoms with Gasteiger partial charge in [-0.1, -0.05) is 0 Å². The Kier molecular flexibility index (Phi) is 5.88. The minimum Gasteiger partial charge on any atom is -0.480 e. The van der Waals surface area contributed by atoms with Gasteiger partial charge in [0.05, 0.1) is 13.2 Å². The topological polar surface area (TPSA) is 105 Å². The SMILES string of the molecule is NC(CNC(=O)CCN1CCOCC1)C(=O)O.